The Bertz CT molecular complexity index is 249. The molecule has 0 bridgehead atoms. The molecule has 0 aromatic carbocycles. The summed E-state index contributed by atoms with van der Waals surface area (Å²) in [6.45, 7) is 2.69. The highest BCUT2D eigenvalue weighted by Gasteiger charge is 2.19. The number of aliphatic hydroxyl groups excluding tert-OH is 1. The Balaban J connectivity index is 2.15. The molecule has 16 heavy (non-hydrogen) atoms. The van der Waals surface area contributed by atoms with Crippen LogP contribution in [0, 0.1) is 0 Å². The van der Waals surface area contributed by atoms with Crippen molar-refractivity contribution in [3.63, 3.8) is 0 Å². The van der Waals surface area contributed by atoms with Gasteiger partial charge in [-0.3, -0.25) is 9.59 Å². The van der Waals surface area contributed by atoms with Crippen LogP contribution in [0.4, 0.5) is 0 Å². The fourth-order valence-electron chi connectivity index (χ4n) is 1.41. The van der Waals surface area contributed by atoms with Gasteiger partial charge in [-0.15, -0.1) is 0 Å². The molecular weight excluding hydrogens is 212 g/mol. The monoisotopic (exact) mass is 230 g/mol. The number of hydrogen-bond acceptors (Lipinski definition) is 4. The Kier molecular flexibility index (Phi) is 5.21. The van der Waals surface area contributed by atoms with Crippen molar-refractivity contribution in [3.8, 4) is 0 Å². The number of hydrogen-bond donors (Lipinski definition) is 3. The second kappa shape index (κ2) is 6.44. The fourth-order valence-corrected chi connectivity index (χ4v) is 1.41. The Morgan fingerprint density at radius 3 is 2.69 bits per heavy atom. The largest absolute Gasteiger partial charge is 0.392 e. The fraction of sp³-hybridized carbons (Fsp3) is 0.800. The summed E-state index contributed by atoms with van der Waals surface area (Å²) >= 11 is 0. The molecule has 2 atom stereocenters. The maximum atomic E-state index is 11.3. The number of aliphatic hydroxyl groups is 1. The first-order valence-electron chi connectivity index (χ1n) is 5.45. The van der Waals surface area contributed by atoms with Crippen molar-refractivity contribution in [3.05, 3.63) is 0 Å². The number of amides is 2. The average Bonchev–Trinajstić information content (AvgIpc) is 2.75. The van der Waals surface area contributed by atoms with E-state index in [1.54, 1.807) is 0 Å². The molecule has 3 N–H and O–H groups in total. The van der Waals surface area contributed by atoms with Crippen molar-refractivity contribution in [2.75, 3.05) is 19.7 Å². The van der Waals surface area contributed by atoms with Gasteiger partial charge in [0.2, 0.25) is 0 Å². The predicted octanol–water partition coefficient (Wildman–Crippen LogP) is -1.22. The summed E-state index contributed by atoms with van der Waals surface area (Å²) in [5.74, 6) is -1.41. The van der Waals surface area contributed by atoms with E-state index in [1.807, 2.05) is 0 Å². The van der Waals surface area contributed by atoms with Crippen LogP contribution in [0.2, 0.25) is 0 Å². The van der Waals surface area contributed by atoms with Gasteiger partial charge in [-0.05, 0) is 19.8 Å². The number of nitrogens with one attached hydrogen (secondary N) is 2. The molecule has 6 heteroatoms. The molecule has 0 aromatic rings. The highest BCUT2D eigenvalue weighted by atomic mass is 16.5. The van der Waals surface area contributed by atoms with Gasteiger partial charge in [0, 0.05) is 19.7 Å². The normalized spacial score (nSPS) is 21.5. The number of rotatable bonds is 4. The second-order valence-electron chi connectivity index (χ2n) is 3.90. The highest BCUT2D eigenvalue weighted by Crippen LogP contribution is 2.10. The molecule has 0 spiro atoms. The number of ether oxygens (including phenoxy) is 1. The summed E-state index contributed by atoms with van der Waals surface area (Å²) in [5.41, 5.74) is 0. The van der Waals surface area contributed by atoms with E-state index < -0.39 is 17.9 Å². The van der Waals surface area contributed by atoms with Gasteiger partial charge >= 0.3 is 11.8 Å². The SMILES string of the molecule is C[C@@H](O)CNC(=O)C(=O)NC[C@@H]1CCCO1. The van der Waals surface area contributed by atoms with Gasteiger partial charge in [-0.2, -0.15) is 0 Å². The second-order valence-corrected chi connectivity index (χ2v) is 3.90. The van der Waals surface area contributed by atoms with E-state index >= 15 is 0 Å². The van der Waals surface area contributed by atoms with Crippen LogP contribution in [0.25, 0.3) is 0 Å². The lowest BCUT2D eigenvalue weighted by Gasteiger charge is -2.11. The van der Waals surface area contributed by atoms with E-state index in [1.165, 1.54) is 6.92 Å². The van der Waals surface area contributed by atoms with Crippen molar-refractivity contribution >= 4 is 11.8 Å². The Labute approximate surface area is 94.3 Å². The first-order chi connectivity index (χ1) is 7.59. The summed E-state index contributed by atoms with van der Waals surface area (Å²) < 4.78 is 5.29. The summed E-state index contributed by atoms with van der Waals surface area (Å²) in [7, 11) is 0. The van der Waals surface area contributed by atoms with Gasteiger partial charge in [-0.1, -0.05) is 0 Å². The topological polar surface area (TPSA) is 87.7 Å². The minimum atomic E-state index is -0.723. The van der Waals surface area contributed by atoms with Crippen molar-refractivity contribution < 1.29 is 19.4 Å². The van der Waals surface area contributed by atoms with E-state index in [-0.39, 0.29) is 12.6 Å². The molecule has 92 valence electrons. The van der Waals surface area contributed by atoms with Crippen molar-refractivity contribution in [2.45, 2.75) is 32.0 Å². The van der Waals surface area contributed by atoms with Crippen LogP contribution in [0.5, 0.6) is 0 Å². The van der Waals surface area contributed by atoms with Crippen LogP contribution in [0.3, 0.4) is 0 Å². The van der Waals surface area contributed by atoms with Gasteiger partial charge in [-0.25, -0.2) is 0 Å². The van der Waals surface area contributed by atoms with Crippen LogP contribution < -0.4 is 10.6 Å². The molecule has 0 unspecified atom stereocenters. The Hall–Kier alpha value is -1.14. The first-order valence-corrected chi connectivity index (χ1v) is 5.45. The smallest absolute Gasteiger partial charge is 0.309 e. The summed E-state index contributed by atoms with van der Waals surface area (Å²) in [6, 6.07) is 0. The molecule has 1 aliphatic heterocycles. The molecule has 0 aromatic heterocycles. The molecule has 0 saturated carbocycles. The van der Waals surface area contributed by atoms with Crippen molar-refractivity contribution in [2.24, 2.45) is 0 Å². The van der Waals surface area contributed by atoms with Crippen molar-refractivity contribution in [1.29, 1.82) is 0 Å². The summed E-state index contributed by atoms with van der Waals surface area (Å²) in [6.07, 6.45) is 1.27. The quantitative estimate of drug-likeness (QED) is 0.528. The average molecular weight is 230 g/mol. The lowest BCUT2D eigenvalue weighted by Crippen LogP contribution is -2.44. The van der Waals surface area contributed by atoms with Gasteiger partial charge in [0.1, 0.15) is 0 Å². The molecule has 0 aliphatic carbocycles. The molecule has 0 radical (unpaired) electrons. The molecule has 2 amide bonds. The number of carbonyl (C=O) groups is 2. The maximum Gasteiger partial charge on any atom is 0.309 e. The maximum absolute atomic E-state index is 11.3. The predicted molar refractivity (Wildman–Crippen MR) is 56.7 cm³/mol. The van der Waals surface area contributed by atoms with Crippen LogP contribution in [-0.4, -0.2) is 48.8 Å². The van der Waals surface area contributed by atoms with Gasteiger partial charge in [0.15, 0.2) is 0 Å². The van der Waals surface area contributed by atoms with E-state index in [0.29, 0.717) is 6.54 Å². The zero-order valence-electron chi connectivity index (χ0n) is 9.36. The zero-order valence-corrected chi connectivity index (χ0v) is 9.36. The zero-order chi connectivity index (χ0) is 12.0. The first kappa shape index (κ1) is 12.9. The van der Waals surface area contributed by atoms with E-state index in [4.69, 9.17) is 9.84 Å². The van der Waals surface area contributed by atoms with E-state index in [0.717, 1.165) is 19.4 Å². The minimum absolute atomic E-state index is 0.0218. The third-order valence-corrected chi connectivity index (χ3v) is 2.28. The Morgan fingerprint density at radius 2 is 2.12 bits per heavy atom. The van der Waals surface area contributed by atoms with Crippen LogP contribution in [-0.2, 0) is 14.3 Å². The lowest BCUT2D eigenvalue weighted by molar-refractivity contribution is -0.139. The number of carbonyl (C=O) groups excluding carboxylic acids is 2. The van der Waals surface area contributed by atoms with E-state index in [2.05, 4.69) is 10.6 Å². The molecule has 1 fully saturated rings. The molecule has 1 heterocycles. The molecular formula is C10H18N2O4. The molecule has 6 nitrogen and oxygen atoms in total. The van der Waals surface area contributed by atoms with Gasteiger partial charge in [0.25, 0.3) is 0 Å². The summed E-state index contributed by atoms with van der Waals surface area (Å²) in [5, 5.41) is 13.7. The standard InChI is InChI=1S/C10H18N2O4/c1-7(13)5-11-9(14)10(15)12-6-8-3-2-4-16-8/h7-8,13H,2-6H2,1H3,(H,11,14)(H,12,15)/t7-,8+/m1/s1. The Morgan fingerprint density at radius 1 is 1.44 bits per heavy atom. The van der Waals surface area contributed by atoms with Gasteiger partial charge in [0.05, 0.1) is 12.2 Å². The summed E-state index contributed by atoms with van der Waals surface area (Å²) in [4.78, 5) is 22.4. The minimum Gasteiger partial charge on any atom is -0.392 e. The third-order valence-electron chi connectivity index (χ3n) is 2.28. The van der Waals surface area contributed by atoms with E-state index in [9.17, 15) is 9.59 Å². The van der Waals surface area contributed by atoms with Crippen LogP contribution in [0.1, 0.15) is 19.8 Å². The molecule has 1 saturated heterocycles. The molecule has 1 rings (SSSR count). The molecule has 1 aliphatic rings. The van der Waals surface area contributed by atoms with Crippen LogP contribution >= 0.6 is 0 Å². The van der Waals surface area contributed by atoms with Crippen molar-refractivity contribution in [1.82, 2.24) is 10.6 Å². The third kappa shape index (κ3) is 4.59. The van der Waals surface area contributed by atoms with Gasteiger partial charge < -0.3 is 20.5 Å². The lowest BCUT2D eigenvalue weighted by atomic mass is 10.2. The highest BCUT2D eigenvalue weighted by molar-refractivity contribution is 6.35. The van der Waals surface area contributed by atoms with Crippen LogP contribution in [0.15, 0.2) is 0 Å².